The SMILES string of the molecule is Cc1ccc(N(CCC#N)C(=O)CSc2nc3ccccc3c(=O)n2-c2cccc(Cl)c2)cc1. The number of carbonyl (C=O) groups is 1. The molecular formula is C26H21ClN4O2S. The number of para-hydroxylation sites is 1. The lowest BCUT2D eigenvalue weighted by molar-refractivity contribution is -0.116. The van der Waals surface area contributed by atoms with Crippen molar-refractivity contribution in [1.29, 1.82) is 5.26 Å². The molecule has 4 rings (SSSR count). The first-order valence-corrected chi connectivity index (χ1v) is 12.0. The van der Waals surface area contributed by atoms with Gasteiger partial charge in [-0.3, -0.25) is 14.2 Å². The largest absolute Gasteiger partial charge is 0.311 e. The van der Waals surface area contributed by atoms with Gasteiger partial charge in [0.1, 0.15) is 0 Å². The molecule has 6 nitrogen and oxygen atoms in total. The number of halogens is 1. The second kappa shape index (κ2) is 10.6. The third-order valence-corrected chi connectivity index (χ3v) is 6.39. The van der Waals surface area contributed by atoms with Gasteiger partial charge in [-0.1, -0.05) is 59.3 Å². The maximum atomic E-state index is 13.4. The first-order valence-electron chi connectivity index (χ1n) is 10.6. The first kappa shape index (κ1) is 23.6. The Balaban J connectivity index is 1.70. The third-order valence-electron chi connectivity index (χ3n) is 5.23. The number of carbonyl (C=O) groups excluding carboxylic acids is 1. The number of hydrogen-bond acceptors (Lipinski definition) is 5. The van der Waals surface area contributed by atoms with Crippen LogP contribution >= 0.6 is 23.4 Å². The van der Waals surface area contributed by atoms with Crippen LogP contribution in [0.15, 0.2) is 82.7 Å². The van der Waals surface area contributed by atoms with Crippen molar-refractivity contribution in [1.82, 2.24) is 9.55 Å². The van der Waals surface area contributed by atoms with Crippen LogP contribution in [0.3, 0.4) is 0 Å². The van der Waals surface area contributed by atoms with Crippen LogP contribution < -0.4 is 10.5 Å². The lowest BCUT2D eigenvalue weighted by Crippen LogP contribution is -2.33. The lowest BCUT2D eigenvalue weighted by Gasteiger charge is -2.22. The van der Waals surface area contributed by atoms with Gasteiger partial charge in [-0.25, -0.2) is 4.98 Å². The van der Waals surface area contributed by atoms with E-state index in [0.717, 1.165) is 11.3 Å². The number of hydrogen-bond donors (Lipinski definition) is 0. The van der Waals surface area contributed by atoms with Gasteiger partial charge in [0.2, 0.25) is 5.91 Å². The van der Waals surface area contributed by atoms with E-state index in [0.29, 0.717) is 26.8 Å². The fourth-order valence-electron chi connectivity index (χ4n) is 3.54. The van der Waals surface area contributed by atoms with Crippen molar-refractivity contribution in [2.45, 2.75) is 18.5 Å². The van der Waals surface area contributed by atoms with Gasteiger partial charge in [-0.05, 0) is 49.4 Å². The van der Waals surface area contributed by atoms with E-state index in [1.165, 1.54) is 16.3 Å². The van der Waals surface area contributed by atoms with E-state index in [1.54, 1.807) is 47.4 Å². The van der Waals surface area contributed by atoms with E-state index >= 15 is 0 Å². The normalized spacial score (nSPS) is 10.7. The fraction of sp³-hybridized carbons (Fsp3) is 0.154. The number of aryl methyl sites for hydroxylation is 1. The standard InChI is InChI=1S/C26H21ClN4O2S/c1-18-10-12-20(13-11-18)30(15-5-14-28)24(32)17-34-26-29-23-9-3-2-8-22(23)25(33)31(26)21-7-4-6-19(27)16-21/h2-4,6-13,16H,5,15,17H2,1H3. The molecule has 0 aliphatic rings. The Labute approximate surface area is 206 Å². The van der Waals surface area contributed by atoms with E-state index in [4.69, 9.17) is 16.9 Å². The van der Waals surface area contributed by atoms with E-state index < -0.39 is 0 Å². The van der Waals surface area contributed by atoms with Crippen molar-refractivity contribution in [3.8, 4) is 11.8 Å². The molecule has 1 amide bonds. The highest BCUT2D eigenvalue weighted by Crippen LogP contribution is 2.24. The van der Waals surface area contributed by atoms with Crippen molar-refractivity contribution in [2.75, 3.05) is 17.2 Å². The predicted molar refractivity (Wildman–Crippen MR) is 137 cm³/mol. The summed E-state index contributed by atoms with van der Waals surface area (Å²) in [5.74, 6) is -0.130. The zero-order chi connectivity index (χ0) is 24.1. The van der Waals surface area contributed by atoms with E-state index in [2.05, 4.69) is 11.1 Å². The molecular weight excluding hydrogens is 468 g/mol. The summed E-state index contributed by atoms with van der Waals surface area (Å²) < 4.78 is 1.48. The smallest absolute Gasteiger partial charge is 0.266 e. The minimum absolute atomic E-state index is 0.0463. The number of benzene rings is 3. The minimum atomic E-state index is -0.234. The van der Waals surface area contributed by atoms with Crippen LogP contribution in [0.25, 0.3) is 16.6 Å². The number of thioether (sulfide) groups is 1. The Morgan fingerprint density at radius 3 is 2.62 bits per heavy atom. The minimum Gasteiger partial charge on any atom is -0.311 e. The molecule has 0 fully saturated rings. The van der Waals surface area contributed by atoms with Gasteiger partial charge in [0.05, 0.1) is 34.8 Å². The molecule has 1 aromatic heterocycles. The summed E-state index contributed by atoms with van der Waals surface area (Å²) in [6, 6.07) is 23.8. The van der Waals surface area contributed by atoms with Crippen molar-refractivity contribution in [3.05, 3.63) is 93.7 Å². The highest BCUT2D eigenvalue weighted by molar-refractivity contribution is 7.99. The van der Waals surface area contributed by atoms with Crippen molar-refractivity contribution in [2.24, 2.45) is 0 Å². The van der Waals surface area contributed by atoms with Crippen LogP contribution in [0, 0.1) is 18.3 Å². The molecule has 34 heavy (non-hydrogen) atoms. The average molecular weight is 489 g/mol. The van der Waals surface area contributed by atoms with Gasteiger partial charge in [-0.2, -0.15) is 5.26 Å². The molecule has 4 aromatic rings. The Kier molecular flexibility index (Phi) is 7.31. The Bertz CT molecular complexity index is 1440. The molecule has 170 valence electrons. The highest BCUT2D eigenvalue weighted by atomic mass is 35.5. The number of fused-ring (bicyclic) bond motifs is 1. The molecule has 3 aromatic carbocycles. The van der Waals surface area contributed by atoms with Gasteiger partial charge >= 0.3 is 0 Å². The Morgan fingerprint density at radius 2 is 1.88 bits per heavy atom. The number of nitrogens with zero attached hydrogens (tertiary/aromatic N) is 4. The maximum Gasteiger partial charge on any atom is 0.266 e. The molecule has 0 N–H and O–H groups in total. The molecule has 0 spiro atoms. The molecule has 0 bridgehead atoms. The Morgan fingerprint density at radius 1 is 1.12 bits per heavy atom. The molecule has 0 aliphatic carbocycles. The number of aromatic nitrogens is 2. The van der Waals surface area contributed by atoms with Crippen molar-refractivity contribution in [3.63, 3.8) is 0 Å². The number of nitriles is 1. The third kappa shape index (κ3) is 5.14. The summed E-state index contributed by atoms with van der Waals surface area (Å²) in [6.45, 7) is 2.26. The highest BCUT2D eigenvalue weighted by Gasteiger charge is 2.19. The Hall–Kier alpha value is -3.60. The van der Waals surface area contributed by atoms with Gasteiger partial charge in [0, 0.05) is 17.3 Å². The quantitative estimate of drug-likeness (QED) is 0.257. The summed E-state index contributed by atoms with van der Waals surface area (Å²) in [4.78, 5) is 32.9. The van der Waals surface area contributed by atoms with Gasteiger partial charge in [-0.15, -0.1) is 0 Å². The molecule has 0 saturated heterocycles. The molecule has 0 unspecified atom stereocenters. The van der Waals surface area contributed by atoms with Gasteiger partial charge < -0.3 is 4.90 Å². The average Bonchev–Trinajstić information content (AvgIpc) is 2.84. The summed E-state index contributed by atoms with van der Waals surface area (Å²) in [5, 5.41) is 10.4. The molecule has 0 saturated carbocycles. The van der Waals surface area contributed by atoms with Gasteiger partial charge in [0.25, 0.3) is 5.56 Å². The monoisotopic (exact) mass is 488 g/mol. The molecule has 1 heterocycles. The number of anilines is 1. The second-order valence-corrected chi connectivity index (χ2v) is 8.99. The zero-order valence-corrected chi connectivity index (χ0v) is 20.0. The van der Waals surface area contributed by atoms with E-state index in [-0.39, 0.29) is 30.2 Å². The molecule has 0 aliphatic heterocycles. The van der Waals surface area contributed by atoms with Crippen LogP contribution in [0.2, 0.25) is 5.02 Å². The van der Waals surface area contributed by atoms with Crippen LogP contribution in [0.1, 0.15) is 12.0 Å². The van der Waals surface area contributed by atoms with E-state index in [9.17, 15) is 9.59 Å². The maximum absolute atomic E-state index is 13.4. The van der Waals surface area contributed by atoms with Crippen molar-refractivity contribution < 1.29 is 4.79 Å². The number of amides is 1. The van der Waals surface area contributed by atoms with Crippen molar-refractivity contribution >= 4 is 45.9 Å². The van der Waals surface area contributed by atoms with E-state index in [1.807, 2.05) is 37.3 Å². The fourth-order valence-corrected chi connectivity index (χ4v) is 4.61. The summed E-state index contributed by atoms with van der Waals surface area (Å²) in [5.41, 5.74) is 2.70. The predicted octanol–water partition coefficient (Wildman–Crippen LogP) is 5.39. The summed E-state index contributed by atoms with van der Waals surface area (Å²) in [6.07, 6.45) is 0.214. The van der Waals surface area contributed by atoms with Crippen LogP contribution in [0.5, 0.6) is 0 Å². The molecule has 8 heteroatoms. The second-order valence-electron chi connectivity index (χ2n) is 7.61. The zero-order valence-electron chi connectivity index (χ0n) is 18.4. The first-order chi connectivity index (χ1) is 16.5. The topological polar surface area (TPSA) is 79.0 Å². The summed E-state index contributed by atoms with van der Waals surface area (Å²) >= 11 is 7.36. The van der Waals surface area contributed by atoms with Crippen LogP contribution in [0.4, 0.5) is 5.69 Å². The number of rotatable bonds is 7. The summed E-state index contributed by atoms with van der Waals surface area (Å²) in [7, 11) is 0. The van der Waals surface area contributed by atoms with Gasteiger partial charge in [0.15, 0.2) is 5.16 Å². The molecule has 0 atom stereocenters. The lowest BCUT2D eigenvalue weighted by atomic mass is 10.2. The van der Waals surface area contributed by atoms with Crippen LogP contribution in [-0.4, -0.2) is 27.8 Å². The van der Waals surface area contributed by atoms with Crippen LogP contribution in [-0.2, 0) is 4.79 Å². The molecule has 0 radical (unpaired) electrons.